The highest BCUT2D eigenvalue weighted by molar-refractivity contribution is 7.98. The zero-order valence-electron chi connectivity index (χ0n) is 10.6. The summed E-state index contributed by atoms with van der Waals surface area (Å²) in [5.74, 6) is 1.13. The van der Waals surface area contributed by atoms with Crippen LogP contribution < -0.4 is 0 Å². The van der Waals surface area contributed by atoms with Crippen LogP contribution in [0.3, 0.4) is 0 Å². The fourth-order valence-corrected chi connectivity index (χ4v) is 3.53. The number of Topliss-reactive ketones (excluding diaryl/α,β-unsaturated/α-hetero) is 1. The summed E-state index contributed by atoms with van der Waals surface area (Å²) >= 11 is 3.70. The van der Waals surface area contributed by atoms with Gasteiger partial charge in [-0.3, -0.25) is 4.79 Å². The Morgan fingerprint density at radius 1 is 1.11 bits per heavy atom. The van der Waals surface area contributed by atoms with Crippen LogP contribution in [-0.2, 0) is 12.2 Å². The lowest BCUT2D eigenvalue weighted by molar-refractivity contribution is 0.101. The number of carbonyl (C=O) groups excluding carboxylic acids is 1. The van der Waals surface area contributed by atoms with E-state index < -0.39 is 0 Å². The van der Waals surface area contributed by atoms with Crippen molar-refractivity contribution < 1.29 is 4.79 Å². The van der Waals surface area contributed by atoms with Gasteiger partial charge in [-0.05, 0) is 37.6 Å². The Hall–Kier alpha value is -1.06. The fraction of sp³-hybridized carbons (Fsp3) is 0.267. The van der Waals surface area contributed by atoms with E-state index in [1.807, 2.05) is 47.4 Å². The summed E-state index contributed by atoms with van der Waals surface area (Å²) < 4.78 is 0. The van der Waals surface area contributed by atoms with Crippen molar-refractivity contribution in [3.05, 3.63) is 51.7 Å². The summed E-state index contributed by atoms with van der Waals surface area (Å²) in [6.07, 6.45) is 1.11. The zero-order valence-corrected chi connectivity index (χ0v) is 12.2. The average molecular weight is 276 g/mol. The van der Waals surface area contributed by atoms with Crippen LogP contribution in [-0.4, -0.2) is 5.78 Å². The minimum atomic E-state index is 0.123. The van der Waals surface area contributed by atoms with E-state index in [4.69, 9.17) is 0 Å². The van der Waals surface area contributed by atoms with Gasteiger partial charge in [0.25, 0.3) is 0 Å². The van der Waals surface area contributed by atoms with Gasteiger partial charge in [-0.2, -0.15) is 0 Å². The molecule has 0 radical (unpaired) electrons. The maximum atomic E-state index is 11.2. The Balaban J connectivity index is 1.95. The van der Waals surface area contributed by atoms with Crippen molar-refractivity contribution >= 4 is 28.9 Å². The molecule has 0 spiro atoms. The smallest absolute Gasteiger partial charge is 0.159 e. The van der Waals surface area contributed by atoms with E-state index in [0.29, 0.717) is 0 Å². The highest BCUT2D eigenvalue weighted by Crippen LogP contribution is 2.27. The van der Waals surface area contributed by atoms with Crippen molar-refractivity contribution in [1.82, 2.24) is 0 Å². The molecule has 0 amide bonds. The molecule has 2 aromatic rings. The van der Waals surface area contributed by atoms with Crippen molar-refractivity contribution in [2.24, 2.45) is 0 Å². The van der Waals surface area contributed by atoms with Crippen molar-refractivity contribution in [2.45, 2.75) is 30.9 Å². The Bertz CT molecular complexity index is 526. The maximum absolute atomic E-state index is 11.2. The van der Waals surface area contributed by atoms with Gasteiger partial charge in [-0.15, -0.1) is 23.1 Å². The van der Waals surface area contributed by atoms with E-state index in [-0.39, 0.29) is 5.78 Å². The van der Waals surface area contributed by atoms with Crippen LogP contribution >= 0.6 is 23.1 Å². The van der Waals surface area contributed by atoms with Crippen molar-refractivity contribution in [3.63, 3.8) is 0 Å². The maximum Gasteiger partial charge on any atom is 0.159 e. The summed E-state index contributed by atoms with van der Waals surface area (Å²) in [5.41, 5.74) is 0.781. The quantitative estimate of drug-likeness (QED) is 0.576. The average Bonchev–Trinajstić information content (AvgIpc) is 2.85. The highest BCUT2D eigenvalue weighted by Gasteiger charge is 2.02. The molecule has 0 fully saturated rings. The van der Waals surface area contributed by atoms with Gasteiger partial charge in [-0.25, -0.2) is 0 Å². The minimum Gasteiger partial charge on any atom is -0.295 e. The third-order valence-corrected chi connectivity index (χ3v) is 5.18. The molecule has 0 atom stereocenters. The Morgan fingerprint density at radius 2 is 1.78 bits per heavy atom. The van der Waals surface area contributed by atoms with Crippen LogP contribution in [0.4, 0.5) is 0 Å². The second kappa shape index (κ2) is 6.21. The van der Waals surface area contributed by atoms with E-state index in [0.717, 1.165) is 17.7 Å². The monoisotopic (exact) mass is 276 g/mol. The van der Waals surface area contributed by atoms with Gasteiger partial charge in [0.05, 0.1) is 0 Å². The first-order chi connectivity index (χ1) is 8.69. The van der Waals surface area contributed by atoms with Gasteiger partial charge in [0.1, 0.15) is 0 Å². The summed E-state index contributed by atoms with van der Waals surface area (Å²) in [6, 6.07) is 12.3. The number of thioether (sulfide) groups is 1. The molecule has 0 bridgehead atoms. The minimum absolute atomic E-state index is 0.123. The van der Waals surface area contributed by atoms with Gasteiger partial charge in [0, 0.05) is 26.0 Å². The molecule has 0 aliphatic carbocycles. The number of aryl methyl sites for hydroxylation is 1. The van der Waals surface area contributed by atoms with E-state index in [1.165, 1.54) is 14.6 Å². The largest absolute Gasteiger partial charge is 0.295 e. The molecule has 1 nitrogen and oxygen atoms in total. The first kappa shape index (κ1) is 13.4. The van der Waals surface area contributed by atoms with Crippen LogP contribution in [0.25, 0.3) is 0 Å². The molecular formula is C15H16OS2. The molecule has 3 heteroatoms. The summed E-state index contributed by atoms with van der Waals surface area (Å²) in [4.78, 5) is 15.2. The van der Waals surface area contributed by atoms with Crippen LogP contribution in [0.5, 0.6) is 0 Å². The van der Waals surface area contributed by atoms with Gasteiger partial charge in [0.2, 0.25) is 0 Å². The highest BCUT2D eigenvalue weighted by atomic mass is 32.2. The predicted octanol–water partition coefficient (Wildman–Crippen LogP) is 4.81. The van der Waals surface area contributed by atoms with Crippen molar-refractivity contribution in [3.8, 4) is 0 Å². The Morgan fingerprint density at radius 3 is 2.33 bits per heavy atom. The SMILES string of the molecule is CCc1ccc(CSc2ccc(C(C)=O)cc2)s1. The Kier molecular flexibility index (Phi) is 4.61. The lowest BCUT2D eigenvalue weighted by atomic mass is 10.2. The van der Waals surface area contributed by atoms with Gasteiger partial charge in [0.15, 0.2) is 5.78 Å². The standard InChI is InChI=1S/C15H16OS2/c1-3-13-8-9-15(18-13)10-17-14-6-4-12(5-7-14)11(2)16/h4-9H,3,10H2,1-2H3. The third kappa shape index (κ3) is 3.47. The number of rotatable bonds is 5. The van der Waals surface area contributed by atoms with Crippen molar-refractivity contribution in [2.75, 3.05) is 0 Å². The molecule has 0 unspecified atom stereocenters. The van der Waals surface area contributed by atoms with Crippen LogP contribution in [0, 0.1) is 0 Å². The lowest BCUT2D eigenvalue weighted by Crippen LogP contribution is -1.90. The fourth-order valence-electron chi connectivity index (χ4n) is 1.63. The van der Waals surface area contributed by atoms with Crippen LogP contribution in [0.1, 0.15) is 34.0 Å². The third-order valence-electron chi connectivity index (χ3n) is 2.71. The van der Waals surface area contributed by atoms with Crippen molar-refractivity contribution in [1.29, 1.82) is 0 Å². The van der Waals surface area contributed by atoms with Crippen LogP contribution in [0.2, 0.25) is 0 Å². The molecule has 0 aliphatic rings. The molecule has 0 saturated carbocycles. The number of hydrogen-bond donors (Lipinski definition) is 0. The van der Waals surface area contributed by atoms with Gasteiger partial charge < -0.3 is 0 Å². The molecule has 0 N–H and O–H groups in total. The molecular weight excluding hydrogens is 260 g/mol. The summed E-state index contributed by atoms with van der Waals surface area (Å²) in [5, 5.41) is 0. The first-order valence-corrected chi connectivity index (χ1v) is 7.80. The summed E-state index contributed by atoms with van der Waals surface area (Å²) in [6.45, 7) is 3.78. The second-order valence-electron chi connectivity index (χ2n) is 4.09. The van der Waals surface area contributed by atoms with E-state index in [1.54, 1.807) is 6.92 Å². The normalized spacial score (nSPS) is 10.6. The molecule has 0 saturated heterocycles. The van der Waals surface area contributed by atoms with Gasteiger partial charge in [-0.1, -0.05) is 19.1 Å². The zero-order chi connectivity index (χ0) is 13.0. The predicted molar refractivity (Wildman–Crippen MR) is 79.7 cm³/mol. The second-order valence-corrected chi connectivity index (χ2v) is 6.39. The molecule has 1 aromatic heterocycles. The molecule has 0 aliphatic heterocycles. The number of ketones is 1. The number of carbonyl (C=O) groups is 1. The molecule has 1 aromatic carbocycles. The lowest BCUT2D eigenvalue weighted by Gasteiger charge is -2.01. The number of hydrogen-bond acceptors (Lipinski definition) is 3. The first-order valence-electron chi connectivity index (χ1n) is 6.00. The molecule has 18 heavy (non-hydrogen) atoms. The summed E-state index contributed by atoms with van der Waals surface area (Å²) in [7, 11) is 0. The topological polar surface area (TPSA) is 17.1 Å². The van der Waals surface area contributed by atoms with Crippen LogP contribution in [0.15, 0.2) is 41.3 Å². The van der Waals surface area contributed by atoms with E-state index >= 15 is 0 Å². The molecule has 2 rings (SSSR count). The van der Waals surface area contributed by atoms with E-state index in [2.05, 4.69) is 19.1 Å². The number of benzene rings is 1. The number of thiophene rings is 1. The molecule has 1 heterocycles. The van der Waals surface area contributed by atoms with E-state index in [9.17, 15) is 4.79 Å². The Labute approximate surface area is 116 Å². The van der Waals surface area contributed by atoms with Gasteiger partial charge >= 0.3 is 0 Å². The molecule has 94 valence electrons.